The van der Waals surface area contributed by atoms with Crippen molar-refractivity contribution in [1.29, 1.82) is 0 Å². The summed E-state index contributed by atoms with van der Waals surface area (Å²) >= 11 is 0. The number of hydrogen-bond donors (Lipinski definition) is 2. The van der Waals surface area contributed by atoms with E-state index in [0.717, 1.165) is 15.4 Å². The van der Waals surface area contributed by atoms with Gasteiger partial charge < -0.3 is 21.1 Å². The van der Waals surface area contributed by atoms with Crippen LogP contribution in [-0.2, 0) is 32.6 Å². The SMILES string of the molecule is CN(CCOC(=O)CN)S(=O)(=O)c1ccccc1-c1ccc2nc(N)nc(C(=O)N3Cc4ccccc4C3)c2c1. The zero-order valence-corrected chi connectivity index (χ0v) is 22.6. The Labute approximate surface area is 231 Å². The predicted octanol–water partition coefficient (Wildman–Crippen LogP) is 2.16. The number of carbonyl (C=O) groups is 2. The molecule has 2 heterocycles. The fraction of sp³-hybridized carbons (Fsp3) is 0.214. The van der Waals surface area contributed by atoms with Crippen molar-refractivity contribution in [2.75, 3.05) is 32.5 Å². The van der Waals surface area contributed by atoms with Gasteiger partial charge in [-0.2, -0.15) is 4.31 Å². The molecule has 0 saturated heterocycles. The number of likely N-dealkylation sites (N-methyl/N-ethyl adjacent to an activating group) is 1. The maximum Gasteiger partial charge on any atom is 0.319 e. The Bertz CT molecular complexity index is 1700. The Kier molecular flexibility index (Phi) is 7.48. The average Bonchev–Trinajstić information content (AvgIpc) is 3.40. The van der Waals surface area contributed by atoms with Gasteiger partial charge in [-0.25, -0.2) is 18.4 Å². The summed E-state index contributed by atoms with van der Waals surface area (Å²) in [5.41, 5.74) is 14.9. The minimum absolute atomic E-state index is 0.0275. The smallest absolute Gasteiger partial charge is 0.319 e. The van der Waals surface area contributed by atoms with Crippen molar-refractivity contribution >= 4 is 38.8 Å². The van der Waals surface area contributed by atoms with E-state index in [1.165, 1.54) is 13.1 Å². The number of sulfonamides is 1. The Morgan fingerprint density at radius 3 is 2.38 bits per heavy atom. The lowest BCUT2D eigenvalue weighted by molar-refractivity contribution is -0.142. The summed E-state index contributed by atoms with van der Waals surface area (Å²) in [4.78, 5) is 35.3. The Hall–Kier alpha value is -4.39. The quantitative estimate of drug-likeness (QED) is 0.308. The van der Waals surface area contributed by atoms with E-state index in [9.17, 15) is 18.0 Å². The molecule has 4 N–H and O–H groups in total. The van der Waals surface area contributed by atoms with Crippen LogP contribution in [0.15, 0.2) is 71.6 Å². The van der Waals surface area contributed by atoms with E-state index in [1.54, 1.807) is 41.3 Å². The van der Waals surface area contributed by atoms with Crippen molar-refractivity contribution in [3.05, 3.63) is 83.6 Å². The van der Waals surface area contributed by atoms with Crippen LogP contribution in [0, 0.1) is 0 Å². The Morgan fingerprint density at radius 2 is 1.68 bits per heavy atom. The lowest BCUT2D eigenvalue weighted by atomic mass is 10.0. The standard InChI is InChI=1S/C28H28N6O5S/c1-33(12-13-39-25(35)15-29)40(37,38)24-9-5-4-8-21(24)18-10-11-23-22(14-18)26(32-28(30)31-23)27(36)34-16-19-6-2-3-7-20(19)17-34/h2-11,14H,12-13,15-17,29H2,1H3,(H2,30,31,32). The van der Waals surface area contributed by atoms with Crippen LogP contribution in [0.4, 0.5) is 5.95 Å². The highest BCUT2D eigenvalue weighted by molar-refractivity contribution is 7.89. The van der Waals surface area contributed by atoms with Crippen molar-refractivity contribution in [2.45, 2.75) is 18.0 Å². The van der Waals surface area contributed by atoms with Gasteiger partial charge in [-0.15, -0.1) is 0 Å². The molecule has 0 saturated carbocycles. The molecule has 0 atom stereocenters. The third-order valence-electron chi connectivity index (χ3n) is 6.77. The van der Waals surface area contributed by atoms with Crippen LogP contribution in [-0.4, -0.2) is 66.2 Å². The Morgan fingerprint density at radius 1 is 1.00 bits per heavy atom. The van der Waals surface area contributed by atoms with E-state index in [2.05, 4.69) is 9.97 Å². The van der Waals surface area contributed by atoms with Gasteiger partial charge in [0.05, 0.1) is 17.0 Å². The average molecular weight is 561 g/mol. The summed E-state index contributed by atoms with van der Waals surface area (Å²) in [5.74, 6) is -0.936. The minimum atomic E-state index is -3.97. The molecule has 1 aromatic heterocycles. The van der Waals surface area contributed by atoms with E-state index in [1.807, 2.05) is 24.3 Å². The van der Waals surface area contributed by atoms with Gasteiger partial charge in [0.1, 0.15) is 12.3 Å². The number of aromatic nitrogens is 2. The monoisotopic (exact) mass is 560 g/mol. The summed E-state index contributed by atoms with van der Waals surface area (Å²) in [6.07, 6.45) is 0. The molecule has 11 nitrogen and oxygen atoms in total. The van der Waals surface area contributed by atoms with Crippen molar-refractivity contribution in [3.63, 3.8) is 0 Å². The third kappa shape index (κ3) is 5.24. The number of anilines is 1. The molecule has 3 aromatic carbocycles. The highest BCUT2D eigenvalue weighted by Crippen LogP contribution is 2.33. The van der Waals surface area contributed by atoms with E-state index in [-0.39, 0.29) is 42.1 Å². The zero-order chi connectivity index (χ0) is 28.4. The fourth-order valence-electron chi connectivity index (χ4n) is 4.67. The molecule has 0 aliphatic carbocycles. The molecule has 1 amide bonds. The second-order valence-corrected chi connectivity index (χ2v) is 11.4. The van der Waals surface area contributed by atoms with Crippen LogP contribution in [0.5, 0.6) is 0 Å². The van der Waals surface area contributed by atoms with Gasteiger partial charge in [-0.3, -0.25) is 9.59 Å². The fourth-order valence-corrected chi connectivity index (χ4v) is 6.03. The van der Waals surface area contributed by atoms with E-state index < -0.39 is 16.0 Å². The number of rotatable bonds is 8. The summed E-state index contributed by atoms with van der Waals surface area (Å²) < 4.78 is 33.0. The highest BCUT2D eigenvalue weighted by atomic mass is 32.2. The first-order valence-corrected chi connectivity index (χ1v) is 14.0. The van der Waals surface area contributed by atoms with Crippen molar-refractivity contribution < 1.29 is 22.7 Å². The van der Waals surface area contributed by atoms with Gasteiger partial charge in [0.2, 0.25) is 16.0 Å². The molecule has 0 bridgehead atoms. The van der Waals surface area contributed by atoms with Gasteiger partial charge in [-0.05, 0) is 34.9 Å². The molecular weight excluding hydrogens is 532 g/mol. The number of nitrogen functional groups attached to an aromatic ring is 1. The Balaban J connectivity index is 1.51. The van der Waals surface area contributed by atoms with Crippen LogP contribution < -0.4 is 11.5 Å². The normalized spacial score (nSPS) is 13.0. The molecule has 0 spiro atoms. The molecule has 1 aliphatic heterocycles. The third-order valence-corrected chi connectivity index (χ3v) is 8.68. The van der Waals surface area contributed by atoms with E-state index in [4.69, 9.17) is 16.2 Å². The highest BCUT2D eigenvalue weighted by Gasteiger charge is 2.28. The van der Waals surface area contributed by atoms with Crippen LogP contribution >= 0.6 is 0 Å². The van der Waals surface area contributed by atoms with Gasteiger partial charge in [0.15, 0.2) is 0 Å². The molecule has 5 rings (SSSR count). The zero-order valence-electron chi connectivity index (χ0n) is 21.8. The summed E-state index contributed by atoms with van der Waals surface area (Å²) in [7, 11) is -2.56. The van der Waals surface area contributed by atoms with Crippen LogP contribution in [0.25, 0.3) is 22.0 Å². The lowest BCUT2D eigenvalue weighted by Gasteiger charge is -2.20. The van der Waals surface area contributed by atoms with Gasteiger partial charge >= 0.3 is 5.97 Å². The molecule has 4 aromatic rings. The number of nitrogens with zero attached hydrogens (tertiary/aromatic N) is 4. The maximum atomic E-state index is 13.6. The van der Waals surface area contributed by atoms with E-state index in [0.29, 0.717) is 35.1 Å². The number of benzene rings is 3. The molecule has 12 heteroatoms. The van der Waals surface area contributed by atoms with Crippen molar-refractivity contribution in [2.24, 2.45) is 5.73 Å². The van der Waals surface area contributed by atoms with Crippen LogP contribution in [0.2, 0.25) is 0 Å². The maximum absolute atomic E-state index is 13.6. The van der Waals surface area contributed by atoms with Crippen molar-refractivity contribution in [1.82, 2.24) is 19.2 Å². The van der Waals surface area contributed by atoms with E-state index >= 15 is 0 Å². The largest absolute Gasteiger partial charge is 0.463 e. The summed E-state index contributed by atoms with van der Waals surface area (Å²) in [6, 6.07) is 19.5. The van der Waals surface area contributed by atoms with Gasteiger partial charge in [0.25, 0.3) is 5.91 Å². The second-order valence-electron chi connectivity index (χ2n) is 9.34. The molecule has 206 valence electrons. The van der Waals surface area contributed by atoms with Gasteiger partial charge in [0, 0.05) is 37.6 Å². The summed E-state index contributed by atoms with van der Waals surface area (Å²) in [5, 5.41) is 0.460. The number of amides is 1. The molecule has 0 fully saturated rings. The number of esters is 1. The number of carbonyl (C=O) groups excluding carboxylic acids is 2. The lowest BCUT2D eigenvalue weighted by Crippen LogP contribution is -2.32. The first-order chi connectivity index (χ1) is 19.2. The number of fused-ring (bicyclic) bond motifs is 2. The van der Waals surface area contributed by atoms with Crippen molar-refractivity contribution in [3.8, 4) is 11.1 Å². The molecule has 0 radical (unpaired) electrons. The summed E-state index contributed by atoms with van der Waals surface area (Å²) in [6.45, 7) is 0.437. The molecule has 0 unspecified atom stereocenters. The second kappa shape index (κ2) is 11.0. The van der Waals surface area contributed by atoms with Gasteiger partial charge in [-0.1, -0.05) is 48.5 Å². The minimum Gasteiger partial charge on any atom is -0.463 e. The number of hydrogen-bond acceptors (Lipinski definition) is 9. The van der Waals surface area contributed by atoms with Crippen LogP contribution in [0.1, 0.15) is 21.6 Å². The predicted molar refractivity (Wildman–Crippen MR) is 149 cm³/mol. The first kappa shape index (κ1) is 27.2. The number of nitrogens with two attached hydrogens (primary N) is 2. The first-order valence-electron chi connectivity index (χ1n) is 12.5. The topological polar surface area (TPSA) is 162 Å². The molecule has 40 heavy (non-hydrogen) atoms. The molecular formula is C28H28N6O5S. The molecule has 1 aliphatic rings. The number of ether oxygens (including phenoxy) is 1. The van der Waals surface area contributed by atoms with Crippen LogP contribution in [0.3, 0.4) is 0 Å².